The highest BCUT2D eigenvalue weighted by atomic mass is 16.5. The molecular formula is C14H22N2O2. The summed E-state index contributed by atoms with van der Waals surface area (Å²) in [7, 11) is 1.64. The van der Waals surface area contributed by atoms with Crippen LogP contribution in [0.2, 0.25) is 0 Å². The maximum Gasteiger partial charge on any atom is 0.234 e. The number of carbonyl (C=O) groups excluding carboxylic acids is 1. The molecule has 4 nitrogen and oxygen atoms in total. The summed E-state index contributed by atoms with van der Waals surface area (Å²) in [6.07, 6.45) is 0. The molecule has 0 heterocycles. The van der Waals surface area contributed by atoms with E-state index in [-0.39, 0.29) is 11.9 Å². The molecule has 1 unspecified atom stereocenters. The van der Waals surface area contributed by atoms with Crippen LogP contribution in [0.15, 0.2) is 18.2 Å². The second kappa shape index (κ2) is 7.01. The Morgan fingerprint density at radius 2 is 2.17 bits per heavy atom. The molecule has 0 radical (unpaired) electrons. The molecule has 0 bridgehead atoms. The number of benzene rings is 1. The zero-order valence-corrected chi connectivity index (χ0v) is 11.5. The third-order valence-electron chi connectivity index (χ3n) is 2.76. The monoisotopic (exact) mass is 250 g/mol. The summed E-state index contributed by atoms with van der Waals surface area (Å²) in [5, 5.41) is 5.95. The fraction of sp³-hybridized carbons (Fsp3) is 0.500. The molecule has 1 rings (SSSR count). The fourth-order valence-corrected chi connectivity index (χ4v) is 1.80. The van der Waals surface area contributed by atoms with Gasteiger partial charge in [0.05, 0.1) is 19.7 Å². The maximum absolute atomic E-state index is 11.7. The average molecular weight is 250 g/mol. The van der Waals surface area contributed by atoms with Crippen LogP contribution in [0.4, 0.5) is 0 Å². The van der Waals surface area contributed by atoms with Gasteiger partial charge in [-0.15, -0.1) is 0 Å². The number of ether oxygens (including phenoxy) is 1. The average Bonchev–Trinajstić information content (AvgIpc) is 2.36. The molecule has 0 saturated carbocycles. The van der Waals surface area contributed by atoms with Gasteiger partial charge in [0.25, 0.3) is 0 Å². The minimum absolute atomic E-state index is 0.00657. The van der Waals surface area contributed by atoms with Crippen LogP contribution >= 0.6 is 0 Å². The van der Waals surface area contributed by atoms with Gasteiger partial charge in [0.15, 0.2) is 0 Å². The molecule has 0 fully saturated rings. The molecule has 1 atom stereocenters. The van der Waals surface area contributed by atoms with Crippen LogP contribution < -0.4 is 15.4 Å². The number of aryl methyl sites for hydroxylation is 1. The maximum atomic E-state index is 11.7. The van der Waals surface area contributed by atoms with Gasteiger partial charge in [-0.05, 0) is 26.5 Å². The van der Waals surface area contributed by atoms with E-state index in [1.165, 1.54) is 0 Å². The van der Waals surface area contributed by atoms with Crippen LogP contribution in [0.3, 0.4) is 0 Å². The number of methoxy groups -OCH3 is 1. The number of likely N-dealkylation sites (N-methyl/N-ethyl adjacent to an activating group) is 1. The number of hydrogen-bond acceptors (Lipinski definition) is 3. The van der Waals surface area contributed by atoms with Gasteiger partial charge in [-0.1, -0.05) is 24.6 Å². The molecule has 0 spiro atoms. The molecule has 1 aromatic rings. The second-order valence-electron chi connectivity index (χ2n) is 4.31. The van der Waals surface area contributed by atoms with Crippen molar-refractivity contribution >= 4 is 5.91 Å². The van der Waals surface area contributed by atoms with E-state index in [9.17, 15) is 4.79 Å². The van der Waals surface area contributed by atoms with Gasteiger partial charge < -0.3 is 15.4 Å². The van der Waals surface area contributed by atoms with Crippen LogP contribution in [0, 0.1) is 6.92 Å². The Bertz CT molecular complexity index is 405. The van der Waals surface area contributed by atoms with Gasteiger partial charge in [0.2, 0.25) is 5.91 Å². The third kappa shape index (κ3) is 4.04. The molecule has 1 amide bonds. The van der Waals surface area contributed by atoms with Crippen LogP contribution in [-0.2, 0) is 4.79 Å². The molecule has 2 N–H and O–H groups in total. The van der Waals surface area contributed by atoms with Crippen LogP contribution in [0.25, 0.3) is 0 Å². The fourth-order valence-electron chi connectivity index (χ4n) is 1.80. The first-order valence-corrected chi connectivity index (χ1v) is 6.23. The molecule has 0 aromatic heterocycles. The summed E-state index contributed by atoms with van der Waals surface area (Å²) in [5.41, 5.74) is 2.15. The van der Waals surface area contributed by atoms with Gasteiger partial charge in [0.1, 0.15) is 5.75 Å². The first-order chi connectivity index (χ1) is 8.58. The quantitative estimate of drug-likeness (QED) is 0.809. The molecule has 0 saturated heterocycles. The van der Waals surface area contributed by atoms with Crippen molar-refractivity contribution < 1.29 is 9.53 Å². The van der Waals surface area contributed by atoms with E-state index < -0.39 is 0 Å². The lowest BCUT2D eigenvalue weighted by molar-refractivity contribution is -0.120. The lowest BCUT2D eigenvalue weighted by atomic mass is 10.0. The van der Waals surface area contributed by atoms with Crippen molar-refractivity contribution in [3.8, 4) is 5.75 Å². The Balaban J connectivity index is 2.73. The minimum Gasteiger partial charge on any atom is -0.496 e. The van der Waals surface area contributed by atoms with Gasteiger partial charge in [0, 0.05) is 5.56 Å². The highest BCUT2D eigenvalue weighted by Crippen LogP contribution is 2.25. The standard InChI is InChI=1S/C14H22N2O2/c1-5-15-9-14(17)16-11(3)12-8-10(2)6-7-13(12)18-4/h6-8,11,15H,5,9H2,1-4H3,(H,16,17). The van der Waals surface area contributed by atoms with Crippen molar-refractivity contribution in [1.29, 1.82) is 0 Å². The van der Waals surface area contributed by atoms with E-state index in [1.807, 2.05) is 39.0 Å². The largest absolute Gasteiger partial charge is 0.496 e. The lowest BCUT2D eigenvalue weighted by Crippen LogP contribution is -2.35. The van der Waals surface area contributed by atoms with E-state index >= 15 is 0 Å². The number of nitrogens with one attached hydrogen (secondary N) is 2. The van der Waals surface area contributed by atoms with Crippen LogP contribution in [0.1, 0.15) is 31.0 Å². The first-order valence-electron chi connectivity index (χ1n) is 6.23. The first kappa shape index (κ1) is 14.5. The molecule has 18 heavy (non-hydrogen) atoms. The van der Waals surface area contributed by atoms with Crippen LogP contribution in [0.5, 0.6) is 5.75 Å². The summed E-state index contributed by atoms with van der Waals surface area (Å²) < 4.78 is 5.32. The Kier molecular flexibility index (Phi) is 5.65. The van der Waals surface area contributed by atoms with Gasteiger partial charge in [-0.2, -0.15) is 0 Å². The Labute approximate surface area is 109 Å². The van der Waals surface area contributed by atoms with Crippen molar-refractivity contribution in [3.63, 3.8) is 0 Å². The van der Waals surface area contributed by atoms with E-state index in [2.05, 4.69) is 10.6 Å². The van der Waals surface area contributed by atoms with Crippen molar-refractivity contribution in [2.75, 3.05) is 20.2 Å². The zero-order chi connectivity index (χ0) is 13.5. The summed E-state index contributed by atoms with van der Waals surface area (Å²) in [4.78, 5) is 11.7. The van der Waals surface area contributed by atoms with Crippen LogP contribution in [-0.4, -0.2) is 26.1 Å². The predicted octanol–water partition coefficient (Wildman–Crippen LogP) is 1.79. The Morgan fingerprint density at radius 3 is 2.78 bits per heavy atom. The van der Waals surface area contributed by atoms with Gasteiger partial charge in [-0.3, -0.25) is 4.79 Å². The Hall–Kier alpha value is -1.55. The van der Waals surface area contributed by atoms with Crippen molar-refractivity contribution in [2.24, 2.45) is 0 Å². The summed E-state index contributed by atoms with van der Waals surface area (Å²) in [6, 6.07) is 5.90. The molecule has 100 valence electrons. The Morgan fingerprint density at radius 1 is 1.44 bits per heavy atom. The summed E-state index contributed by atoms with van der Waals surface area (Å²) in [5.74, 6) is 0.796. The summed E-state index contributed by atoms with van der Waals surface area (Å²) in [6.45, 7) is 7.09. The number of carbonyl (C=O) groups is 1. The van der Waals surface area contributed by atoms with E-state index in [1.54, 1.807) is 7.11 Å². The topological polar surface area (TPSA) is 50.4 Å². The predicted molar refractivity (Wildman–Crippen MR) is 72.8 cm³/mol. The number of amides is 1. The highest BCUT2D eigenvalue weighted by Gasteiger charge is 2.13. The molecule has 4 heteroatoms. The van der Waals surface area contributed by atoms with E-state index in [4.69, 9.17) is 4.74 Å². The highest BCUT2D eigenvalue weighted by molar-refractivity contribution is 5.78. The van der Waals surface area contributed by atoms with E-state index in [0.29, 0.717) is 6.54 Å². The zero-order valence-electron chi connectivity index (χ0n) is 11.5. The second-order valence-corrected chi connectivity index (χ2v) is 4.31. The molecule has 0 aliphatic heterocycles. The third-order valence-corrected chi connectivity index (χ3v) is 2.76. The summed E-state index contributed by atoms with van der Waals surface area (Å²) >= 11 is 0. The smallest absolute Gasteiger partial charge is 0.234 e. The van der Waals surface area contributed by atoms with Gasteiger partial charge in [-0.25, -0.2) is 0 Å². The number of hydrogen-bond donors (Lipinski definition) is 2. The van der Waals surface area contributed by atoms with E-state index in [0.717, 1.165) is 23.4 Å². The minimum atomic E-state index is -0.0639. The van der Waals surface area contributed by atoms with Crippen molar-refractivity contribution in [2.45, 2.75) is 26.8 Å². The lowest BCUT2D eigenvalue weighted by Gasteiger charge is -2.18. The molecule has 0 aliphatic rings. The molecule has 0 aliphatic carbocycles. The van der Waals surface area contributed by atoms with Gasteiger partial charge >= 0.3 is 0 Å². The number of rotatable bonds is 6. The van der Waals surface area contributed by atoms with Crippen molar-refractivity contribution in [3.05, 3.63) is 29.3 Å². The van der Waals surface area contributed by atoms with Crippen molar-refractivity contribution in [1.82, 2.24) is 10.6 Å². The SMILES string of the molecule is CCNCC(=O)NC(C)c1cc(C)ccc1OC. The molecular weight excluding hydrogens is 228 g/mol. The molecule has 1 aromatic carbocycles. The normalized spacial score (nSPS) is 12.0.